The molecule has 0 saturated carbocycles. The summed E-state index contributed by atoms with van der Waals surface area (Å²) in [5, 5.41) is 0. The van der Waals surface area contributed by atoms with Crippen LogP contribution in [0.3, 0.4) is 0 Å². The Morgan fingerprint density at radius 1 is 1.11 bits per heavy atom. The number of ether oxygens (including phenoxy) is 4. The zero-order chi connectivity index (χ0) is 19.7. The quantitative estimate of drug-likeness (QED) is 0.790. The molecule has 1 saturated heterocycles. The maximum atomic E-state index is 13.4. The average Bonchev–Trinajstić information content (AvgIpc) is 2.92. The van der Waals surface area contributed by atoms with Gasteiger partial charge in [-0.05, 0) is 50.1 Å². The number of amides is 1. The minimum absolute atomic E-state index is 0.180. The van der Waals surface area contributed by atoms with Gasteiger partial charge in [-0.15, -0.1) is 0 Å². The summed E-state index contributed by atoms with van der Waals surface area (Å²) < 4.78 is 22.9. The lowest BCUT2D eigenvalue weighted by Crippen LogP contribution is -2.47. The molecule has 28 heavy (non-hydrogen) atoms. The maximum absolute atomic E-state index is 13.4. The molecule has 2 heterocycles. The van der Waals surface area contributed by atoms with Crippen LogP contribution in [0.25, 0.3) is 0 Å². The van der Waals surface area contributed by atoms with Crippen LogP contribution in [0.4, 0.5) is 5.69 Å². The predicted molar refractivity (Wildman–Crippen MR) is 105 cm³/mol. The number of carbonyl (C=O) groups is 1. The lowest BCUT2D eigenvalue weighted by atomic mass is 10.0. The van der Waals surface area contributed by atoms with Crippen LogP contribution in [-0.4, -0.2) is 32.8 Å². The van der Waals surface area contributed by atoms with E-state index in [1.807, 2.05) is 50.2 Å². The molecule has 1 amide bonds. The van der Waals surface area contributed by atoms with Crippen molar-refractivity contribution in [3.8, 4) is 11.5 Å². The largest absolute Gasteiger partial charge is 0.493 e. The molecule has 1 spiro atoms. The van der Waals surface area contributed by atoms with Gasteiger partial charge in [0.15, 0.2) is 11.5 Å². The fourth-order valence-electron chi connectivity index (χ4n) is 3.79. The Morgan fingerprint density at radius 2 is 1.89 bits per heavy atom. The zero-order valence-electron chi connectivity index (χ0n) is 16.5. The Hall–Kier alpha value is -2.57. The van der Waals surface area contributed by atoms with Gasteiger partial charge in [0, 0.05) is 5.56 Å². The summed E-state index contributed by atoms with van der Waals surface area (Å²) in [5.74, 6) is -0.168. The second-order valence-corrected chi connectivity index (χ2v) is 7.00. The smallest absolute Gasteiger partial charge is 0.292 e. The standard InChI is InChI=1S/C22H25NO5/c1-4-26-19-9-7-16(13-20(19)25-3)14-23-18-8-6-15(2)12-17(18)22(21(23)24)27-10-5-11-28-22/h6-9,12-13H,4-5,10-11,14H2,1-3H3. The van der Waals surface area contributed by atoms with Crippen LogP contribution in [0.2, 0.25) is 0 Å². The van der Waals surface area contributed by atoms with E-state index in [0.29, 0.717) is 37.9 Å². The summed E-state index contributed by atoms with van der Waals surface area (Å²) >= 11 is 0. The molecular weight excluding hydrogens is 358 g/mol. The highest BCUT2D eigenvalue weighted by molar-refractivity contribution is 6.06. The van der Waals surface area contributed by atoms with E-state index in [-0.39, 0.29) is 5.91 Å². The van der Waals surface area contributed by atoms with Crippen molar-refractivity contribution in [1.82, 2.24) is 0 Å². The molecule has 2 aromatic rings. The summed E-state index contributed by atoms with van der Waals surface area (Å²) in [6.45, 7) is 5.89. The summed E-state index contributed by atoms with van der Waals surface area (Å²) in [4.78, 5) is 15.1. The summed E-state index contributed by atoms with van der Waals surface area (Å²) in [5.41, 5.74) is 3.61. The number of fused-ring (bicyclic) bond motifs is 2. The third-order valence-corrected chi connectivity index (χ3v) is 5.09. The van der Waals surface area contributed by atoms with Crippen molar-refractivity contribution in [1.29, 1.82) is 0 Å². The van der Waals surface area contributed by atoms with E-state index in [4.69, 9.17) is 18.9 Å². The van der Waals surface area contributed by atoms with E-state index in [9.17, 15) is 4.79 Å². The van der Waals surface area contributed by atoms with E-state index in [1.54, 1.807) is 12.0 Å². The molecular formula is C22H25NO5. The van der Waals surface area contributed by atoms with Crippen LogP contribution in [0, 0.1) is 6.92 Å². The molecule has 0 N–H and O–H groups in total. The van der Waals surface area contributed by atoms with Crippen LogP contribution < -0.4 is 14.4 Å². The van der Waals surface area contributed by atoms with Gasteiger partial charge in [0.05, 0.1) is 39.2 Å². The van der Waals surface area contributed by atoms with E-state index in [2.05, 4.69) is 0 Å². The molecule has 0 radical (unpaired) electrons. The van der Waals surface area contributed by atoms with Gasteiger partial charge < -0.3 is 23.8 Å². The Bertz CT molecular complexity index is 888. The topological polar surface area (TPSA) is 57.2 Å². The molecule has 0 aromatic heterocycles. The van der Waals surface area contributed by atoms with Crippen LogP contribution >= 0.6 is 0 Å². The Balaban J connectivity index is 1.70. The molecule has 0 bridgehead atoms. The second kappa shape index (κ2) is 7.45. The first-order valence-electron chi connectivity index (χ1n) is 9.60. The Kier molecular flexibility index (Phi) is 5.00. The highest BCUT2D eigenvalue weighted by Gasteiger charge is 2.54. The monoisotopic (exact) mass is 383 g/mol. The van der Waals surface area contributed by atoms with Crippen molar-refractivity contribution >= 4 is 11.6 Å². The lowest BCUT2D eigenvalue weighted by molar-refractivity contribution is -0.256. The SMILES string of the molecule is CCOc1ccc(CN2C(=O)C3(OCCCO3)c3cc(C)ccc32)cc1OC. The predicted octanol–water partition coefficient (Wildman–Crippen LogP) is 3.54. The Morgan fingerprint density at radius 3 is 2.61 bits per heavy atom. The number of rotatable bonds is 5. The van der Waals surface area contributed by atoms with Crippen LogP contribution in [0.5, 0.6) is 11.5 Å². The van der Waals surface area contributed by atoms with Gasteiger partial charge in [-0.25, -0.2) is 0 Å². The van der Waals surface area contributed by atoms with Crippen molar-refractivity contribution in [2.24, 2.45) is 0 Å². The summed E-state index contributed by atoms with van der Waals surface area (Å²) in [6.07, 6.45) is 0.784. The normalized spacial score (nSPS) is 17.7. The summed E-state index contributed by atoms with van der Waals surface area (Å²) in [7, 11) is 1.61. The third-order valence-electron chi connectivity index (χ3n) is 5.09. The maximum Gasteiger partial charge on any atom is 0.292 e. The Labute approximate surface area is 165 Å². The van der Waals surface area contributed by atoms with E-state index >= 15 is 0 Å². The van der Waals surface area contributed by atoms with Crippen LogP contribution in [0.15, 0.2) is 36.4 Å². The lowest BCUT2D eigenvalue weighted by Gasteiger charge is -2.32. The highest BCUT2D eigenvalue weighted by Crippen LogP contribution is 2.46. The first-order valence-corrected chi connectivity index (χ1v) is 9.60. The first-order chi connectivity index (χ1) is 13.6. The minimum atomic E-state index is -1.32. The van der Waals surface area contributed by atoms with Gasteiger partial charge in [-0.2, -0.15) is 0 Å². The third kappa shape index (κ3) is 3.02. The molecule has 4 rings (SSSR count). The molecule has 6 nitrogen and oxygen atoms in total. The number of methoxy groups -OCH3 is 1. The molecule has 1 fully saturated rings. The van der Waals surface area contributed by atoms with Gasteiger partial charge >= 0.3 is 0 Å². The van der Waals surface area contributed by atoms with Crippen molar-refractivity contribution < 1.29 is 23.7 Å². The van der Waals surface area contributed by atoms with E-state index < -0.39 is 5.79 Å². The van der Waals surface area contributed by atoms with Gasteiger partial charge in [-0.3, -0.25) is 4.79 Å². The summed E-state index contributed by atoms with van der Waals surface area (Å²) in [6, 6.07) is 11.7. The highest BCUT2D eigenvalue weighted by atomic mass is 16.7. The van der Waals surface area contributed by atoms with Gasteiger partial charge in [0.2, 0.25) is 0 Å². The molecule has 0 atom stereocenters. The van der Waals surface area contributed by atoms with E-state index in [1.165, 1.54) is 0 Å². The average molecular weight is 383 g/mol. The van der Waals surface area contributed by atoms with Crippen molar-refractivity contribution in [2.75, 3.05) is 31.8 Å². The van der Waals surface area contributed by atoms with E-state index in [0.717, 1.165) is 28.8 Å². The zero-order valence-corrected chi connectivity index (χ0v) is 16.5. The van der Waals surface area contributed by atoms with Crippen molar-refractivity contribution in [3.05, 3.63) is 53.1 Å². The van der Waals surface area contributed by atoms with Crippen molar-refractivity contribution in [3.63, 3.8) is 0 Å². The molecule has 2 aliphatic heterocycles. The van der Waals surface area contributed by atoms with Crippen LogP contribution in [0.1, 0.15) is 30.0 Å². The second-order valence-electron chi connectivity index (χ2n) is 7.00. The van der Waals surface area contributed by atoms with Gasteiger partial charge in [0.25, 0.3) is 11.7 Å². The van der Waals surface area contributed by atoms with Gasteiger partial charge in [0.1, 0.15) is 0 Å². The molecule has 2 aromatic carbocycles. The number of anilines is 1. The van der Waals surface area contributed by atoms with Gasteiger partial charge in [-0.1, -0.05) is 17.7 Å². The first kappa shape index (κ1) is 18.8. The number of carbonyl (C=O) groups excluding carboxylic acids is 1. The van der Waals surface area contributed by atoms with Crippen molar-refractivity contribution in [2.45, 2.75) is 32.6 Å². The molecule has 0 unspecified atom stereocenters. The number of hydrogen-bond donors (Lipinski definition) is 0. The number of nitrogens with zero attached hydrogens (tertiary/aromatic N) is 1. The number of hydrogen-bond acceptors (Lipinski definition) is 5. The minimum Gasteiger partial charge on any atom is -0.493 e. The fraction of sp³-hybridized carbons (Fsp3) is 0.409. The molecule has 2 aliphatic rings. The number of aryl methyl sites for hydroxylation is 1. The molecule has 0 aliphatic carbocycles. The molecule has 6 heteroatoms. The molecule has 148 valence electrons. The fourth-order valence-corrected chi connectivity index (χ4v) is 3.79. The van der Waals surface area contributed by atoms with Crippen LogP contribution in [-0.2, 0) is 26.6 Å². The number of benzene rings is 2.